The number of esters is 1. The lowest BCUT2D eigenvalue weighted by Crippen LogP contribution is -2.14. The third-order valence-corrected chi connectivity index (χ3v) is 4.69. The van der Waals surface area contributed by atoms with Crippen molar-refractivity contribution in [2.24, 2.45) is 0 Å². The second kappa shape index (κ2) is 8.10. The first-order valence-corrected chi connectivity index (χ1v) is 10.9. The van der Waals surface area contributed by atoms with Crippen molar-refractivity contribution in [2.45, 2.75) is 45.3 Å². The predicted molar refractivity (Wildman–Crippen MR) is 70.8 cm³/mol. The van der Waals surface area contributed by atoms with Crippen LogP contribution in [0.1, 0.15) is 26.2 Å². The monoisotopic (exact) mass is 292 g/mol. The Bertz CT molecular complexity index is 209. The fourth-order valence-corrected chi connectivity index (χ4v) is 3.11. The second-order valence-electron chi connectivity index (χ2n) is 4.20. The van der Waals surface area contributed by atoms with Gasteiger partial charge in [-0.1, -0.05) is 32.0 Å². The minimum Gasteiger partial charge on any atom is -0.463 e. The lowest BCUT2D eigenvalue weighted by Gasteiger charge is -2.12. The zero-order valence-electron chi connectivity index (χ0n) is 9.88. The Balaban J connectivity index is 3.29. The Labute approximate surface area is 102 Å². The van der Waals surface area contributed by atoms with Crippen molar-refractivity contribution in [3.05, 3.63) is 12.2 Å². The summed E-state index contributed by atoms with van der Waals surface area (Å²) in [6, 6.07) is 1.29. The molecule has 0 heterocycles. The molecule has 0 N–H and O–H groups in total. The van der Waals surface area contributed by atoms with Crippen LogP contribution in [-0.2, 0) is 9.53 Å². The van der Waals surface area contributed by atoms with Gasteiger partial charge in [-0.05, 0) is 19.4 Å². The number of carbonyl (C=O) groups is 1. The van der Waals surface area contributed by atoms with Gasteiger partial charge in [0.2, 0.25) is 0 Å². The number of ether oxygens (including phenoxy) is 1. The van der Waals surface area contributed by atoms with E-state index in [2.05, 4.69) is 28.4 Å². The molecular formula is C11H21BrO2Si. The number of allylic oxidation sites excluding steroid dienone is 1. The summed E-state index contributed by atoms with van der Waals surface area (Å²) in [5, 5.41) is 0. The number of carbonyl (C=O) groups excluding carboxylic acids is 1. The molecule has 0 aliphatic heterocycles. The highest BCUT2D eigenvalue weighted by atomic mass is 79.9. The SMILES string of the molecule is CC=CC(=O)OCCCCC[Si](C)(C)Br. The van der Waals surface area contributed by atoms with Crippen molar-refractivity contribution < 1.29 is 9.53 Å². The first-order valence-electron chi connectivity index (χ1n) is 5.44. The van der Waals surface area contributed by atoms with Crippen molar-refractivity contribution >= 4 is 28.0 Å². The van der Waals surface area contributed by atoms with Crippen molar-refractivity contribution in [3.63, 3.8) is 0 Å². The highest BCUT2D eigenvalue weighted by molar-refractivity contribution is 9.26. The molecule has 0 amide bonds. The van der Waals surface area contributed by atoms with E-state index in [0.29, 0.717) is 6.61 Å². The lowest BCUT2D eigenvalue weighted by molar-refractivity contribution is -0.137. The Morgan fingerprint density at radius 3 is 2.53 bits per heavy atom. The molecule has 0 spiro atoms. The Morgan fingerprint density at radius 1 is 1.33 bits per heavy atom. The number of rotatable bonds is 7. The van der Waals surface area contributed by atoms with Crippen molar-refractivity contribution in [2.75, 3.05) is 6.61 Å². The molecule has 4 heteroatoms. The van der Waals surface area contributed by atoms with E-state index < -0.39 is 6.69 Å². The average Bonchev–Trinajstić information content (AvgIpc) is 2.09. The first-order chi connectivity index (χ1) is 6.95. The minimum atomic E-state index is -1.06. The van der Waals surface area contributed by atoms with Gasteiger partial charge in [0.05, 0.1) is 6.61 Å². The van der Waals surface area contributed by atoms with Crippen LogP contribution in [0, 0.1) is 0 Å². The molecule has 0 aliphatic rings. The van der Waals surface area contributed by atoms with E-state index in [1.165, 1.54) is 18.5 Å². The molecule has 0 fully saturated rings. The molecule has 0 rings (SSSR count). The van der Waals surface area contributed by atoms with Gasteiger partial charge >= 0.3 is 5.97 Å². The predicted octanol–water partition coefficient (Wildman–Crippen LogP) is 3.88. The van der Waals surface area contributed by atoms with Crippen LogP contribution in [0.5, 0.6) is 0 Å². The van der Waals surface area contributed by atoms with Crippen LogP contribution >= 0.6 is 15.3 Å². The summed E-state index contributed by atoms with van der Waals surface area (Å²) >= 11 is 3.74. The fraction of sp³-hybridized carbons (Fsp3) is 0.727. The van der Waals surface area contributed by atoms with E-state index in [1.54, 1.807) is 6.08 Å². The summed E-state index contributed by atoms with van der Waals surface area (Å²) in [5.74, 6) is -0.229. The van der Waals surface area contributed by atoms with Crippen LogP contribution in [0.15, 0.2) is 12.2 Å². The molecule has 0 saturated heterocycles. The van der Waals surface area contributed by atoms with E-state index >= 15 is 0 Å². The maximum absolute atomic E-state index is 10.9. The van der Waals surface area contributed by atoms with Crippen LogP contribution in [0.4, 0.5) is 0 Å². The summed E-state index contributed by atoms with van der Waals surface area (Å²) in [7, 11) is 0. The van der Waals surface area contributed by atoms with Crippen LogP contribution in [0.2, 0.25) is 19.1 Å². The van der Waals surface area contributed by atoms with Gasteiger partial charge in [-0.3, -0.25) is 0 Å². The van der Waals surface area contributed by atoms with Crippen molar-refractivity contribution in [1.29, 1.82) is 0 Å². The van der Waals surface area contributed by atoms with Gasteiger partial charge in [0.15, 0.2) is 0 Å². The molecule has 0 aromatic carbocycles. The van der Waals surface area contributed by atoms with E-state index in [4.69, 9.17) is 4.74 Å². The van der Waals surface area contributed by atoms with Gasteiger partial charge in [-0.15, -0.1) is 15.3 Å². The summed E-state index contributed by atoms with van der Waals surface area (Å²) in [6.45, 7) is 5.91. The second-order valence-corrected chi connectivity index (χ2v) is 14.6. The molecule has 0 unspecified atom stereocenters. The standard InChI is InChI=1S/C11H21BrO2Si/c1-4-8-11(13)14-9-6-5-7-10-15(2,3)12/h4,8H,5-7,9-10H2,1-3H3. The topological polar surface area (TPSA) is 26.3 Å². The van der Waals surface area contributed by atoms with Crippen LogP contribution in [0.25, 0.3) is 0 Å². The van der Waals surface area contributed by atoms with Crippen molar-refractivity contribution in [1.82, 2.24) is 0 Å². The number of halogens is 1. The number of hydrogen-bond donors (Lipinski definition) is 0. The number of hydrogen-bond acceptors (Lipinski definition) is 2. The Morgan fingerprint density at radius 2 is 2.00 bits per heavy atom. The van der Waals surface area contributed by atoms with Crippen molar-refractivity contribution in [3.8, 4) is 0 Å². The quantitative estimate of drug-likeness (QED) is 0.234. The minimum absolute atomic E-state index is 0.229. The molecule has 88 valence electrons. The van der Waals surface area contributed by atoms with Gasteiger partial charge in [0.25, 0.3) is 0 Å². The fourth-order valence-electron chi connectivity index (χ4n) is 1.18. The van der Waals surface area contributed by atoms with E-state index in [1.807, 2.05) is 6.92 Å². The zero-order chi connectivity index (χ0) is 11.7. The average molecular weight is 293 g/mol. The van der Waals surface area contributed by atoms with Gasteiger partial charge in [0.1, 0.15) is 6.69 Å². The maximum atomic E-state index is 10.9. The Hall–Kier alpha value is -0.0931. The summed E-state index contributed by atoms with van der Waals surface area (Å²) in [5.41, 5.74) is 0. The zero-order valence-corrected chi connectivity index (χ0v) is 12.5. The first kappa shape index (κ1) is 14.9. The van der Waals surface area contributed by atoms with Gasteiger partial charge in [0, 0.05) is 6.08 Å². The van der Waals surface area contributed by atoms with Gasteiger partial charge in [-0.25, -0.2) is 4.79 Å². The molecule has 0 aliphatic carbocycles. The van der Waals surface area contributed by atoms with Gasteiger partial charge in [-0.2, -0.15) is 0 Å². The largest absolute Gasteiger partial charge is 0.463 e. The lowest BCUT2D eigenvalue weighted by atomic mass is 10.3. The molecule has 2 nitrogen and oxygen atoms in total. The molecule has 0 atom stereocenters. The normalized spacial score (nSPS) is 12.0. The van der Waals surface area contributed by atoms with E-state index in [9.17, 15) is 4.79 Å². The third-order valence-electron chi connectivity index (χ3n) is 1.96. The summed E-state index contributed by atoms with van der Waals surface area (Å²) in [4.78, 5) is 10.9. The molecule has 15 heavy (non-hydrogen) atoms. The van der Waals surface area contributed by atoms with Crippen LogP contribution in [-0.4, -0.2) is 19.3 Å². The third kappa shape index (κ3) is 11.8. The molecule has 0 saturated carbocycles. The molecule has 0 aromatic heterocycles. The van der Waals surface area contributed by atoms with Crippen LogP contribution < -0.4 is 0 Å². The van der Waals surface area contributed by atoms with E-state index in [-0.39, 0.29) is 5.97 Å². The van der Waals surface area contributed by atoms with Gasteiger partial charge < -0.3 is 4.74 Å². The Kier molecular flexibility index (Phi) is 8.05. The molecule has 0 bridgehead atoms. The molecular weight excluding hydrogens is 272 g/mol. The number of unbranched alkanes of at least 4 members (excludes halogenated alkanes) is 2. The highest BCUT2D eigenvalue weighted by Crippen LogP contribution is 2.20. The smallest absolute Gasteiger partial charge is 0.330 e. The maximum Gasteiger partial charge on any atom is 0.330 e. The molecule has 0 radical (unpaired) electrons. The van der Waals surface area contributed by atoms with Crippen LogP contribution in [0.3, 0.4) is 0 Å². The van der Waals surface area contributed by atoms with E-state index in [0.717, 1.165) is 12.8 Å². The summed E-state index contributed by atoms with van der Waals surface area (Å²) in [6.07, 6.45) is 6.49. The highest BCUT2D eigenvalue weighted by Gasteiger charge is 2.14. The summed E-state index contributed by atoms with van der Waals surface area (Å²) < 4.78 is 4.99. The molecule has 0 aromatic rings.